The standard InChI is InChI=1S/C23H29FN2O4/c1-15-18(24)12-9-13-19(15)25-21(27)20(26-22(28)30-23(3,4)5)16(2)29-14-17-10-7-6-8-11-17/h6-13,16,20H,14H2,1-5H3,(H,25,27)(H,26,28)/t16-,20-/m0/s1. The first kappa shape index (κ1) is 23.3. The molecule has 0 bridgehead atoms. The van der Waals surface area contributed by atoms with Gasteiger partial charge in [-0.05, 0) is 52.3 Å². The van der Waals surface area contributed by atoms with E-state index in [9.17, 15) is 14.0 Å². The van der Waals surface area contributed by atoms with Crippen molar-refractivity contribution in [3.05, 3.63) is 65.5 Å². The maximum Gasteiger partial charge on any atom is 0.408 e. The highest BCUT2D eigenvalue weighted by molar-refractivity contribution is 5.97. The van der Waals surface area contributed by atoms with Crippen LogP contribution in [0.2, 0.25) is 0 Å². The summed E-state index contributed by atoms with van der Waals surface area (Å²) < 4.78 is 24.9. The third-order valence-corrected chi connectivity index (χ3v) is 4.31. The number of rotatable bonds is 7. The normalized spacial score (nSPS) is 13.3. The third kappa shape index (κ3) is 7.15. The fourth-order valence-electron chi connectivity index (χ4n) is 2.68. The van der Waals surface area contributed by atoms with E-state index >= 15 is 0 Å². The number of carbonyl (C=O) groups is 2. The van der Waals surface area contributed by atoms with Gasteiger partial charge in [0.2, 0.25) is 5.91 Å². The second-order valence-corrected chi connectivity index (χ2v) is 8.03. The molecule has 0 unspecified atom stereocenters. The summed E-state index contributed by atoms with van der Waals surface area (Å²) >= 11 is 0. The number of hydrogen-bond acceptors (Lipinski definition) is 4. The molecule has 2 amide bonds. The Hall–Kier alpha value is -2.93. The molecule has 2 atom stereocenters. The van der Waals surface area contributed by atoms with Crippen LogP contribution in [0.3, 0.4) is 0 Å². The first-order chi connectivity index (χ1) is 14.1. The average Bonchev–Trinajstić information content (AvgIpc) is 2.67. The van der Waals surface area contributed by atoms with Crippen molar-refractivity contribution in [2.24, 2.45) is 0 Å². The first-order valence-corrected chi connectivity index (χ1v) is 9.78. The molecule has 0 aromatic heterocycles. The van der Waals surface area contributed by atoms with E-state index in [-0.39, 0.29) is 6.61 Å². The van der Waals surface area contributed by atoms with E-state index in [2.05, 4.69) is 10.6 Å². The maximum atomic E-state index is 13.8. The van der Waals surface area contributed by atoms with E-state index in [1.807, 2.05) is 30.3 Å². The van der Waals surface area contributed by atoms with Gasteiger partial charge in [0.25, 0.3) is 0 Å². The molecule has 2 N–H and O–H groups in total. The molecular formula is C23H29FN2O4. The zero-order chi connectivity index (χ0) is 22.3. The van der Waals surface area contributed by atoms with E-state index in [0.29, 0.717) is 11.3 Å². The van der Waals surface area contributed by atoms with Gasteiger partial charge in [0.1, 0.15) is 17.5 Å². The maximum absolute atomic E-state index is 13.8. The van der Waals surface area contributed by atoms with Gasteiger partial charge in [-0.3, -0.25) is 4.79 Å². The molecule has 0 saturated heterocycles. The topological polar surface area (TPSA) is 76.7 Å². The van der Waals surface area contributed by atoms with Crippen LogP contribution in [0.1, 0.15) is 38.8 Å². The molecule has 162 valence electrons. The van der Waals surface area contributed by atoms with Gasteiger partial charge in [0, 0.05) is 11.3 Å². The van der Waals surface area contributed by atoms with Crippen molar-refractivity contribution in [1.82, 2.24) is 5.32 Å². The summed E-state index contributed by atoms with van der Waals surface area (Å²) in [7, 11) is 0. The Morgan fingerprint density at radius 3 is 2.37 bits per heavy atom. The van der Waals surface area contributed by atoms with E-state index in [0.717, 1.165) is 5.56 Å². The van der Waals surface area contributed by atoms with Crippen LogP contribution in [0.5, 0.6) is 0 Å². The predicted molar refractivity (Wildman–Crippen MR) is 114 cm³/mol. The lowest BCUT2D eigenvalue weighted by molar-refractivity contribution is -0.122. The van der Waals surface area contributed by atoms with Crippen LogP contribution >= 0.6 is 0 Å². The Balaban J connectivity index is 2.15. The van der Waals surface area contributed by atoms with Crippen LogP contribution in [0, 0.1) is 12.7 Å². The van der Waals surface area contributed by atoms with Crippen molar-refractivity contribution in [3.63, 3.8) is 0 Å². The van der Waals surface area contributed by atoms with E-state index in [1.165, 1.54) is 12.1 Å². The summed E-state index contributed by atoms with van der Waals surface area (Å²) in [5.41, 5.74) is 0.839. The highest BCUT2D eigenvalue weighted by Gasteiger charge is 2.30. The van der Waals surface area contributed by atoms with Crippen molar-refractivity contribution >= 4 is 17.7 Å². The number of carbonyl (C=O) groups excluding carboxylic acids is 2. The Kier molecular flexibility index (Phi) is 7.94. The van der Waals surface area contributed by atoms with E-state index in [1.54, 1.807) is 40.7 Å². The predicted octanol–water partition coefficient (Wildman–Crippen LogP) is 4.57. The summed E-state index contributed by atoms with van der Waals surface area (Å²) in [4.78, 5) is 25.2. The molecule has 0 saturated carbocycles. The summed E-state index contributed by atoms with van der Waals surface area (Å²) in [6.07, 6.45) is -1.42. The number of anilines is 1. The summed E-state index contributed by atoms with van der Waals surface area (Å²) in [6, 6.07) is 12.8. The van der Waals surface area contributed by atoms with Crippen molar-refractivity contribution < 1.29 is 23.5 Å². The van der Waals surface area contributed by atoms with Gasteiger partial charge in [0.05, 0.1) is 12.7 Å². The van der Waals surface area contributed by atoms with Crippen LogP contribution < -0.4 is 10.6 Å². The lowest BCUT2D eigenvalue weighted by Crippen LogP contribution is -2.52. The number of ether oxygens (including phenoxy) is 2. The monoisotopic (exact) mass is 416 g/mol. The highest BCUT2D eigenvalue weighted by Crippen LogP contribution is 2.18. The van der Waals surface area contributed by atoms with Gasteiger partial charge in [-0.15, -0.1) is 0 Å². The fraction of sp³-hybridized carbons (Fsp3) is 0.391. The first-order valence-electron chi connectivity index (χ1n) is 9.78. The number of hydrogen-bond donors (Lipinski definition) is 2. The molecule has 0 aliphatic carbocycles. The second-order valence-electron chi connectivity index (χ2n) is 8.03. The molecule has 30 heavy (non-hydrogen) atoms. The van der Waals surface area contributed by atoms with Gasteiger partial charge in [-0.25, -0.2) is 9.18 Å². The zero-order valence-electron chi connectivity index (χ0n) is 18.0. The Morgan fingerprint density at radius 1 is 1.07 bits per heavy atom. The van der Waals surface area contributed by atoms with Gasteiger partial charge in [0.15, 0.2) is 0 Å². The number of amides is 2. The summed E-state index contributed by atoms with van der Waals surface area (Å²) in [6.45, 7) is 8.70. The number of nitrogens with one attached hydrogen (secondary N) is 2. The SMILES string of the molecule is Cc1c(F)cccc1NC(=O)[C@@H](NC(=O)OC(C)(C)C)[C@H](C)OCc1ccccc1. The van der Waals surface area contributed by atoms with Crippen molar-refractivity contribution in [2.75, 3.05) is 5.32 Å². The molecule has 0 aliphatic heterocycles. The molecule has 0 spiro atoms. The molecular weight excluding hydrogens is 387 g/mol. The molecule has 0 radical (unpaired) electrons. The van der Waals surface area contributed by atoms with Crippen molar-refractivity contribution in [3.8, 4) is 0 Å². The van der Waals surface area contributed by atoms with Crippen LogP contribution in [0.15, 0.2) is 48.5 Å². The summed E-state index contributed by atoms with van der Waals surface area (Å²) in [5.74, 6) is -0.965. The van der Waals surface area contributed by atoms with Crippen LogP contribution in [-0.2, 0) is 20.9 Å². The van der Waals surface area contributed by atoms with Gasteiger partial charge in [-0.2, -0.15) is 0 Å². The largest absolute Gasteiger partial charge is 0.444 e. The number of halogens is 1. The highest BCUT2D eigenvalue weighted by atomic mass is 19.1. The van der Waals surface area contributed by atoms with Crippen molar-refractivity contribution in [1.29, 1.82) is 0 Å². The van der Waals surface area contributed by atoms with E-state index < -0.39 is 35.6 Å². The minimum atomic E-state index is -1.05. The molecule has 0 heterocycles. The molecule has 2 aromatic carbocycles. The van der Waals surface area contributed by atoms with Gasteiger partial charge < -0.3 is 20.1 Å². The number of alkyl carbamates (subject to hydrolysis) is 1. The average molecular weight is 416 g/mol. The summed E-state index contributed by atoms with van der Waals surface area (Å²) in [5, 5.41) is 5.24. The number of benzene rings is 2. The quantitative estimate of drug-likeness (QED) is 0.693. The molecule has 6 nitrogen and oxygen atoms in total. The van der Waals surface area contributed by atoms with E-state index in [4.69, 9.17) is 9.47 Å². The Bertz CT molecular complexity index is 865. The molecule has 7 heteroatoms. The Morgan fingerprint density at radius 2 is 1.73 bits per heavy atom. The van der Waals surface area contributed by atoms with Crippen LogP contribution in [0.4, 0.5) is 14.9 Å². The second kappa shape index (κ2) is 10.2. The molecule has 2 rings (SSSR count). The zero-order valence-corrected chi connectivity index (χ0v) is 18.0. The van der Waals surface area contributed by atoms with Crippen LogP contribution in [0.25, 0.3) is 0 Å². The Labute approximate surface area is 176 Å². The smallest absolute Gasteiger partial charge is 0.408 e. The fourth-order valence-corrected chi connectivity index (χ4v) is 2.68. The lowest BCUT2D eigenvalue weighted by atomic mass is 10.1. The molecule has 0 fully saturated rings. The minimum Gasteiger partial charge on any atom is -0.444 e. The van der Waals surface area contributed by atoms with Gasteiger partial charge in [-0.1, -0.05) is 36.4 Å². The minimum absolute atomic E-state index is 0.265. The molecule has 0 aliphatic rings. The van der Waals surface area contributed by atoms with Crippen LogP contribution in [-0.4, -0.2) is 29.7 Å². The molecule has 2 aromatic rings. The van der Waals surface area contributed by atoms with Crippen molar-refractivity contribution in [2.45, 2.75) is 59.0 Å². The third-order valence-electron chi connectivity index (χ3n) is 4.31. The van der Waals surface area contributed by atoms with Gasteiger partial charge >= 0.3 is 6.09 Å². The lowest BCUT2D eigenvalue weighted by Gasteiger charge is -2.27.